The highest BCUT2D eigenvalue weighted by Crippen LogP contribution is 2.57. The number of phosphoric ester groups is 2. The van der Waals surface area contributed by atoms with Crippen molar-refractivity contribution in [3.05, 3.63) is 127 Å². The third kappa shape index (κ3) is 26.3. The van der Waals surface area contributed by atoms with Gasteiger partial charge in [-0.05, 0) is 27.2 Å². The first-order chi connectivity index (χ1) is 70.3. The first-order valence-corrected chi connectivity index (χ1v) is 55.5. The van der Waals surface area contributed by atoms with E-state index >= 15 is 28.4 Å². The van der Waals surface area contributed by atoms with Crippen molar-refractivity contribution in [2.24, 2.45) is 0 Å². The first-order valence-electron chi connectivity index (χ1n) is 44.9. The number of H-pyrrole nitrogens is 4. The summed E-state index contributed by atoms with van der Waals surface area (Å²) >= 11 is 16.7. The molecule has 72 heteroatoms. The maximum Gasteiger partial charge on any atom is 0.351 e. The van der Waals surface area contributed by atoms with Crippen molar-refractivity contribution in [2.45, 2.75) is 182 Å². The molecule has 28 atom stereocenters. The maximum atomic E-state index is 15.7. The average molecular weight is 2250 g/mol. The van der Waals surface area contributed by atoms with Gasteiger partial charge in [-0.15, -0.1) is 0 Å². The van der Waals surface area contributed by atoms with Gasteiger partial charge in [0.25, 0.3) is 37.9 Å². The van der Waals surface area contributed by atoms with Crippen LogP contribution >= 0.6 is 35.9 Å². The van der Waals surface area contributed by atoms with Crippen LogP contribution in [0.4, 0.5) is 29.5 Å². The number of rotatable bonds is 52. The first kappa shape index (κ1) is 114. The van der Waals surface area contributed by atoms with Crippen LogP contribution in [0.5, 0.6) is 0 Å². The lowest BCUT2D eigenvalue weighted by Crippen LogP contribution is -2.42. The van der Waals surface area contributed by atoms with Crippen molar-refractivity contribution in [1.29, 1.82) is 0 Å². The molecule has 0 aliphatic carbocycles. The minimum Gasteiger partial charge on any atom is -0.780 e. The van der Waals surface area contributed by atoms with Crippen LogP contribution in [0.2, 0.25) is 0 Å². The Hall–Kier alpha value is -8.41. The summed E-state index contributed by atoms with van der Waals surface area (Å²) in [6.45, 7) is -17.5. The minimum absolute atomic E-state index is 0.0103. The fraction of sp³-hybridized carbons (Fsp3) is 0.645. The van der Waals surface area contributed by atoms with Crippen molar-refractivity contribution in [3.63, 3.8) is 0 Å². The lowest BCUT2D eigenvalue weighted by atomic mass is 10.1. The molecule has 148 heavy (non-hydrogen) atoms. The number of aromatic amines is 4. The van der Waals surface area contributed by atoms with Gasteiger partial charge in [0.15, 0.2) is 71.4 Å². The van der Waals surface area contributed by atoms with Crippen molar-refractivity contribution in [2.75, 3.05) is 163 Å². The van der Waals surface area contributed by atoms with Crippen LogP contribution in [0.25, 0.3) is 33.5 Å². The van der Waals surface area contributed by atoms with Crippen molar-refractivity contribution < 1.29 is 159 Å². The molecule has 0 radical (unpaired) electrons. The molecular formula is C76H105N23O41P5S3-5. The van der Waals surface area contributed by atoms with Gasteiger partial charge in [0.05, 0.1) is 130 Å². The summed E-state index contributed by atoms with van der Waals surface area (Å²) in [6, 6.07) is 0. The summed E-state index contributed by atoms with van der Waals surface area (Å²) in [6.07, 6.45) is -32.3. The zero-order valence-corrected chi connectivity index (χ0v) is 86.6. The highest BCUT2D eigenvalue weighted by atomic mass is 32.7. The van der Waals surface area contributed by atoms with E-state index in [4.69, 9.17) is 186 Å². The van der Waals surface area contributed by atoms with Crippen molar-refractivity contribution in [1.82, 2.24) is 87.2 Å². The molecule has 9 aromatic heterocycles. The highest BCUT2D eigenvalue weighted by Gasteiger charge is 2.57. The topological polar surface area (TPSA) is 849 Å². The van der Waals surface area contributed by atoms with Gasteiger partial charge in [0.1, 0.15) is 123 Å². The molecule has 6 fully saturated rings. The summed E-state index contributed by atoms with van der Waals surface area (Å²) in [5, 5.41) is 11.8. The predicted molar refractivity (Wildman–Crippen MR) is 504 cm³/mol. The molecule has 9 aromatic rings. The Morgan fingerprint density at radius 1 is 0.405 bits per heavy atom. The largest absolute Gasteiger partial charge is 0.780 e. The third-order valence-corrected chi connectivity index (χ3v) is 30.4. The summed E-state index contributed by atoms with van der Waals surface area (Å²) < 4.78 is 208. The predicted octanol–water partition coefficient (Wildman–Crippen LogP) is -5.24. The number of hydrogen-bond acceptors (Lipinski definition) is 57. The van der Waals surface area contributed by atoms with Crippen LogP contribution in [0.15, 0.2) is 71.1 Å². The molecule has 0 aromatic carbocycles. The van der Waals surface area contributed by atoms with Crippen LogP contribution in [0, 0.1) is 20.8 Å². The van der Waals surface area contributed by atoms with Gasteiger partial charge in [0.2, 0.25) is 17.8 Å². The number of nitrogens with one attached hydrogen (secondary N) is 4. The van der Waals surface area contributed by atoms with E-state index in [1.807, 2.05) is 0 Å². The second kappa shape index (κ2) is 48.5. The molecule has 15 heterocycles. The van der Waals surface area contributed by atoms with Gasteiger partial charge in [-0.25, -0.2) is 29.3 Å². The zero-order chi connectivity index (χ0) is 107. The minimum atomic E-state index is -6.27. The second-order valence-corrected chi connectivity index (χ2v) is 44.5. The van der Waals surface area contributed by atoms with Gasteiger partial charge in [0, 0.05) is 77.3 Å². The van der Waals surface area contributed by atoms with Crippen LogP contribution in [0.3, 0.4) is 0 Å². The number of aliphatic hydroxyl groups excluding tert-OH is 1. The molecule has 0 spiro atoms. The third-order valence-electron chi connectivity index (χ3n) is 23.8. The molecule has 11 unspecified atom stereocenters. The van der Waals surface area contributed by atoms with E-state index < -0.39 is 280 Å². The number of aromatic nitrogens is 18. The highest BCUT2D eigenvalue weighted by molar-refractivity contribution is 8.32. The molecular weight excluding hydrogens is 2140 g/mol. The van der Waals surface area contributed by atoms with E-state index in [9.17, 15) is 43.6 Å². The van der Waals surface area contributed by atoms with Crippen LogP contribution in [-0.4, -0.2) is 331 Å². The molecule has 0 amide bonds. The molecule has 818 valence electrons. The molecule has 0 saturated carbocycles. The maximum absolute atomic E-state index is 15.7. The van der Waals surface area contributed by atoms with Crippen molar-refractivity contribution >= 4 is 135 Å². The Balaban J connectivity index is 0.732. The Labute approximate surface area is 849 Å². The number of nitrogen functional groups attached to an aromatic ring is 5. The van der Waals surface area contributed by atoms with Gasteiger partial charge in [-0.1, -0.05) is 30.5 Å². The number of anilines is 5. The molecule has 6 saturated heterocycles. The number of hydrogen-bond donors (Lipinski definition) is 10. The molecule has 6 aliphatic rings. The van der Waals surface area contributed by atoms with E-state index in [1.54, 1.807) is 13.8 Å². The number of aryl methyl sites for hydroxylation is 3. The van der Waals surface area contributed by atoms with Crippen LogP contribution < -0.4 is 87.5 Å². The number of nitrogens with two attached hydrogens (primary N) is 5. The Kier molecular flexibility index (Phi) is 37.2. The quantitative estimate of drug-likeness (QED) is 0.00967. The SMILES string of the molecule is CC[C@H]1O[C@@H](n2cc(C)c(=O)[nH]c2=O)CC1OP([O-])(=S)OC[C@H]1O[C@@H](n2cnc3c(=O)[nH]c(N)nc32)[C@@H](OCCOC)C1OP(=O)([O-])OC[C@H]1O[C@@H](n2cc(C)c(N)nc2=O)[C@@H](OCCOC)C1OP(=O)([O-])OC[C@H]1O[C@@H](n2cnc3c(=O)[nH]c(N)nc32)[C@@H](OCCOC)C1OP(=O)([S-])OC[C@H]1O[C@@H](n2cnc3c(=O)[nH]c(N)nc32)[C@@H](OCCOC)C1OP([O-])(=S)OC[C@H]1O[C@@H](n2cc(C)c(N)nc2=O)[C@@H](OCCOC)C1O. The van der Waals surface area contributed by atoms with Gasteiger partial charge in [-0.3, -0.25) is 80.2 Å². The van der Waals surface area contributed by atoms with E-state index in [0.717, 1.165) is 52.6 Å². The van der Waals surface area contributed by atoms with E-state index in [0.29, 0.717) is 5.56 Å². The number of phosphoric acid groups is 2. The fourth-order valence-electron chi connectivity index (χ4n) is 16.9. The lowest BCUT2D eigenvalue weighted by molar-refractivity contribution is -0.241. The normalized spacial score (nSPS) is 28.9. The van der Waals surface area contributed by atoms with Crippen LogP contribution in [-0.2, 0) is 171 Å². The number of nitrogens with zero attached hydrogens (tertiary/aromatic N) is 14. The van der Waals surface area contributed by atoms with Gasteiger partial charge in [-0.2, -0.15) is 24.9 Å². The standard InChI is InChI=1S/C76H110N23O41P5S3/c1-10-36-37(21-43(130-36)94-24-35(4)62(101)93-76(94)107)136-143(112,146)128-28-41-49(54(122-18-13-117-7)68(134-41)97-30-82-44-59(97)87-71(79)90-63(44)102)138-141(108,109)125-26-39-48(53(121-17-12-116-6)67(132-39)96-23-34(3)58(78)86-75(96)106)137-142(110,111)126-27-40-50(55(123-19-14-118-8)69(133-40)98-31-83-45-60(98)88-72(80)91-64(45)103)139-145(114,148)129-29-42-51(56(124-20-15-119-9)70(135-42)99-32-84-46-61(99)89-73(81)92-65(46)104)140-144(113,147)127-25-38-47(100)52(120-16-11-115-5)66(131-38)95-22-33(2)57(77)85-74(95)105/h22-24,30-32,36-43,47-56,66-70,100H,10-21,25-29H2,1-9H3,(H,108,109)(H,110,111)(H,112,146)(H,113,147)(H,114,148)(H2,77,85,105)(H2,78,86,106)(H,93,101,107)(H3,79,87,90,102)(H3,80,88,91,103)(H3,81,89,92,104)/p-5/t36-,37?,38-,39-,40-,41-,42-,43-,47?,48?,49?,50?,51?,52+,53+,54+,55+,56+,66-,67-,68-,69-,70-,143?,144?,145?/m1/s1. The van der Waals surface area contributed by atoms with Gasteiger partial charge >= 0.3 is 17.1 Å². The molecule has 15 N–H and O–H groups in total. The zero-order valence-electron chi connectivity index (χ0n) is 79.6. The molecule has 15 rings (SSSR count). The Morgan fingerprint density at radius 2 is 0.736 bits per heavy atom. The lowest BCUT2D eigenvalue weighted by Gasteiger charge is -2.36. The van der Waals surface area contributed by atoms with E-state index in [2.05, 4.69) is 59.8 Å². The monoisotopic (exact) mass is 2250 g/mol. The molecule has 64 nitrogen and oxygen atoms in total. The van der Waals surface area contributed by atoms with Crippen LogP contribution in [0.1, 0.15) is 73.8 Å². The fourth-order valence-corrected chi connectivity index (χ4v) is 23.1. The van der Waals surface area contributed by atoms with Gasteiger partial charge < -0.3 is 187 Å². The Bertz CT molecular complexity index is 6910. The summed E-state index contributed by atoms with van der Waals surface area (Å²) in [5.41, 5.74) is 22.9. The molecule has 0 bridgehead atoms. The summed E-state index contributed by atoms with van der Waals surface area (Å²) in [5.74, 6) is -1.68. The number of fused-ring (bicyclic) bond motifs is 3. The average Bonchev–Trinajstić information content (AvgIpc) is 1.62. The summed E-state index contributed by atoms with van der Waals surface area (Å²) in [7, 11) is -5.86. The summed E-state index contributed by atoms with van der Waals surface area (Å²) in [4.78, 5) is 195. The van der Waals surface area contributed by atoms with E-state index in [1.165, 1.54) is 61.8 Å². The number of ether oxygens (including phenoxy) is 16. The number of imidazole rings is 3. The molecule has 6 aliphatic heterocycles. The number of methoxy groups -OCH3 is 5. The van der Waals surface area contributed by atoms with E-state index in [-0.39, 0.29) is 122 Å². The second-order valence-electron chi connectivity index (χ2n) is 33.7. The Morgan fingerprint density at radius 3 is 1.13 bits per heavy atom. The number of aliphatic hydroxyl groups is 1. The van der Waals surface area contributed by atoms with Crippen molar-refractivity contribution in [3.8, 4) is 0 Å². The smallest absolute Gasteiger partial charge is 0.351 e.